The van der Waals surface area contributed by atoms with Gasteiger partial charge < -0.3 is 14.8 Å². The zero-order chi connectivity index (χ0) is 14.8. The minimum atomic E-state index is 0. The van der Waals surface area contributed by atoms with E-state index in [1.807, 2.05) is 13.8 Å². The van der Waals surface area contributed by atoms with Crippen LogP contribution in [-0.2, 0) is 9.47 Å². The van der Waals surface area contributed by atoms with Crippen molar-refractivity contribution < 1.29 is 10.9 Å². The molecule has 0 amide bonds. The highest BCUT2D eigenvalue weighted by atomic mass is 16.5. The standard InChI is InChI=1S/C14H31NO2.C2H6.H2/c1-4-5-8-15-9-11-17-13-12-16-10-6-7-14(2)3;1-2;/h14-15H,4-13H2,1-3H3;1-2H3;1H. The van der Waals surface area contributed by atoms with Crippen molar-refractivity contribution in [3.05, 3.63) is 0 Å². The number of nitrogens with one attached hydrogen (secondary N) is 1. The average Bonchev–Trinajstić information content (AvgIpc) is 2.42. The van der Waals surface area contributed by atoms with Gasteiger partial charge in [0.1, 0.15) is 0 Å². The average molecular weight is 277 g/mol. The predicted octanol–water partition coefficient (Wildman–Crippen LogP) is 4.12. The fraction of sp³-hybridized carbons (Fsp3) is 1.00. The van der Waals surface area contributed by atoms with E-state index in [4.69, 9.17) is 9.47 Å². The van der Waals surface area contributed by atoms with Crippen LogP contribution in [0.25, 0.3) is 0 Å². The van der Waals surface area contributed by atoms with Crippen molar-refractivity contribution in [2.45, 2.75) is 60.3 Å². The maximum atomic E-state index is 5.48. The Kier molecular flexibility index (Phi) is 22.5. The van der Waals surface area contributed by atoms with Crippen LogP contribution in [0.3, 0.4) is 0 Å². The molecular formula is C16H39NO2. The van der Waals surface area contributed by atoms with Gasteiger partial charge in [-0.2, -0.15) is 0 Å². The minimum absolute atomic E-state index is 0. The fourth-order valence-electron chi connectivity index (χ4n) is 1.49. The van der Waals surface area contributed by atoms with Crippen LogP contribution in [0.4, 0.5) is 0 Å². The lowest BCUT2D eigenvalue weighted by Crippen LogP contribution is -2.21. The van der Waals surface area contributed by atoms with Gasteiger partial charge in [-0.1, -0.05) is 41.0 Å². The van der Waals surface area contributed by atoms with Crippen LogP contribution in [0.2, 0.25) is 0 Å². The molecule has 0 unspecified atom stereocenters. The summed E-state index contributed by atoms with van der Waals surface area (Å²) >= 11 is 0. The topological polar surface area (TPSA) is 30.5 Å². The van der Waals surface area contributed by atoms with Crippen LogP contribution in [0.15, 0.2) is 0 Å². The molecule has 0 radical (unpaired) electrons. The highest BCUT2D eigenvalue weighted by Gasteiger charge is 1.94. The molecule has 0 aromatic rings. The van der Waals surface area contributed by atoms with Crippen molar-refractivity contribution in [3.8, 4) is 0 Å². The van der Waals surface area contributed by atoms with E-state index in [9.17, 15) is 0 Å². The van der Waals surface area contributed by atoms with Crippen LogP contribution >= 0.6 is 0 Å². The third-order valence-corrected chi connectivity index (χ3v) is 2.57. The summed E-state index contributed by atoms with van der Waals surface area (Å²) in [5.74, 6) is 0.782. The molecule has 3 nitrogen and oxygen atoms in total. The van der Waals surface area contributed by atoms with Crippen molar-refractivity contribution in [1.29, 1.82) is 0 Å². The van der Waals surface area contributed by atoms with Gasteiger partial charge in [0.2, 0.25) is 0 Å². The lowest BCUT2D eigenvalue weighted by Gasteiger charge is -2.07. The highest BCUT2D eigenvalue weighted by Crippen LogP contribution is 2.02. The van der Waals surface area contributed by atoms with Crippen LogP contribution in [0.1, 0.15) is 61.7 Å². The highest BCUT2D eigenvalue weighted by molar-refractivity contribution is 4.46. The first kappa shape index (κ1) is 21.2. The van der Waals surface area contributed by atoms with E-state index in [-0.39, 0.29) is 1.43 Å². The molecule has 0 aromatic heterocycles. The number of rotatable bonds is 13. The molecular weight excluding hydrogens is 238 g/mol. The molecule has 0 saturated heterocycles. The molecule has 3 heteroatoms. The maximum absolute atomic E-state index is 5.48. The normalized spacial score (nSPS) is 10.4. The van der Waals surface area contributed by atoms with Gasteiger partial charge >= 0.3 is 0 Å². The lowest BCUT2D eigenvalue weighted by molar-refractivity contribution is 0.0467. The van der Waals surface area contributed by atoms with Gasteiger partial charge in [-0.15, -0.1) is 0 Å². The van der Waals surface area contributed by atoms with Gasteiger partial charge in [-0.25, -0.2) is 0 Å². The third-order valence-electron chi connectivity index (χ3n) is 2.57. The second-order valence-electron chi connectivity index (χ2n) is 4.86. The van der Waals surface area contributed by atoms with Crippen LogP contribution in [0, 0.1) is 5.92 Å². The minimum Gasteiger partial charge on any atom is -0.379 e. The molecule has 0 aliphatic heterocycles. The summed E-state index contributed by atoms with van der Waals surface area (Å²) in [7, 11) is 0. The van der Waals surface area contributed by atoms with Crippen molar-refractivity contribution in [1.82, 2.24) is 5.32 Å². The van der Waals surface area contributed by atoms with Gasteiger partial charge in [0.05, 0.1) is 19.8 Å². The van der Waals surface area contributed by atoms with Crippen molar-refractivity contribution >= 4 is 0 Å². The monoisotopic (exact) mass is 277 g/mol. The summed E-state index contributed by atoms with van der Waals surface area (Å²) < 4.78 is 10.9. The lowest BCUT2D eigenvalue weighted by atomic mass is 10.1. The number of unbranched alkanes of at least 4 members (excludes halogenated alkanes) is 1. The van der Waals surface area contributed by atoms with E-state index >= 15 is 0 Å². The summed E-state index contributed by atoms with van der Waals surface area (Å²) in [6.45, 7) is 15.9. The van der Waals surface area contributed by atoms with Gasteiger partial charge in [0, 0.05) is 14.6 Å². The second-order valence-corrected chi connectivity index (χ2v) is 4.86. The first-order valence-electron chi connectivity index (χ1n) is 8.13. The maximum Gasteiger partial charge on any atom is 0.0701 e. The summed E-state index contributed by atoms with van der Waals surface area (Å²) in [4.78, 5) is 0. The summed E-state index contributed by atoms with van der Waals surface area (Å²) in [5, 5.41) is 3.34. The van der Waals surface area contributed by atoms with Crippen molar-refractivity contribution in [2.24, 2.45) is 5.92 Å². The summed E-state index contributed by atoms with van der Waals surface area (Å²) in [6.07, 6.45) is 4.91. The van der Waals surface area contributed by atoms with Gasteiger partial charge in [0.25, 0.3) is 0 Å². The second kappa shape index (κ2) is 20.2. The zero-order valence-electron chi connectivity index (χ0n) is 14.0. The Bertz CT molecular complexity index is 146. The van der Waals surface area contributed by atoms with Gasteiger partial charge in [-0.3, -0.25) is 0 Å². The van der Waals surface area contributed by atoms with E-state index in [2.05, 4.69) is 26.1 Å². The molecule has 120 valence electrons. The summed E-state index contributed by atoms with van der Waals surface area (Å²) in [6, 6.07) is 0. The first-order chi connectivity index (χ1) is 9.27. The Balaban J connectivity index is -0.000000916. The van der Waals surface area contributed by atoms with Crippen molar-refractivity contribution in [2.75, 3.05) is 39.5 Å². The molecule has 0 aliphatic carbocycles. The molecule has 0 saturated carbocycles. The Hall–Kier alpha value is -0.120. The molecule has 0 heterocycles. The molecule has 0 aromatic carbocycles. The Morgan fingerprint density at radius 2 is 1.53 bits per heavy atom. The molecule has 0 spiro atoms. The smallest absolute Gasteiger partial charge is 0.0701 e. The SMILES string of the molecule is CC.CCCCNCCOCCOCCCC(C)C.[HH]. The first-order valence-corrected chi connectivity index (χ1v) is 8.13. The number of ether oxygens (including phenoxy) is 2. The molecule has 1 N–H and O–H groups in total. The molecule has 0 atom stereocenters. The largest absolute Gasteiger partial charge is 0.379 e. The summed E-state index contributed by atoms with van der Waals surface area (Å²) in [5.41, 5.74) is 0. The molecule has 19 heavy (non-hydrogen) atoms. The predicted molar refractivity (Wildman–Crippen MR) is 86.9 cm³/mol. The third kappa shape index (κ3) is 23.4. The van der Waals surface area contributed by atoms with E-state index in [1.54, 1.807) is 0 Å². The molecule has 0 bridgehead atoms. The zero-order valence-corrected chi connectivity index (χ0v) is 14.0. The van der Waals surface area contributed by atoms with Crippen LogP contribution < -0.4 is 5.32 Å². The number of hydrogen-bond donors (Lipinski definition) is 1. The fourth-order valence-corrected chi connectivity index (χ4v) is 1.49. The molecule has 0 fully saturated rings. The van der Waals surface area contributed by atoms with E-state index in [0.29, 0.717) is 0 Å². The van der Waals surface area contributed by atoms with Gasteiger partial charge in [0.15, 0.2) is 0 Å². The van der Waals surface area contributed by atoms with E-state index in [1.165, 1.54) is 19.3 Å². The van der Waals surface area contributed by atoms with Gasteiger partial charge in [-0.05, 0) is 31.7 Å². The Morgan fingerprint density at radius 1 is 0.895 bits per heavy atom. The van der Waals surface area contributed by atoms with E-state index in [0.717, 1.165) is 51.9 Å². The Labute approximate surface area is 122 Å². The quantitative estimate of drug-likeness (QED) is 0.514. The molecule has 0 rings (SSSR count). The molecule has 0 aliphatic rings. The van der Waals surface area contributed by atoms with Crippen LogP contribution in [0.5, 0.6) is 0 Å². The van der Waals surface area contributed by atoms with E-state index < -0.39 is 0 Å². The Morgan fingerprint density at radius 3 is 2.11 bits per heavy atom. The van der Waals surface area contributed by atoms with Crippen molar-refractivity contribution in [3.63, 3.8) is 0 Å². The number of hydrogen-bond acceptors (Lipinski definition) is 3. The van der Waals surface area contributed by atoms with Crippen LogP contribution in [-0.4, -0.2) is 39.5 Å².